The molecule has 0 aliphatic heterocycles. The maximum absolute atomic E-state index is 12.8. The molecule has 0 bridgehead atoms. The molecule has 4 aromatic rings. The van der Waals surface area contributed by atoms with Crippen LogP contribution in [0.3, 0.4) is 0 Å². The van der Waals surface area contributed by atoms with Gasteiger partial charge in [0.2, 0.25) is 11.8 Å². The van der Waals surface area contributed by atoms with E-state index < -0.39 is 5.69 Å². The maximum Gasteiger partial charge on any atom is 0.369 e. The van der Waals surface area contributed by atoms with Crippen LogP contribution in [0.25, 0.3) is 15.8 Å². The molecule has 1 amide bonds. The molecule has 0 atom stereocenters. The predicted molar refractivity (Wildman–Crippen MR) is 107 cm³/mol. The van der Waals surface area contributed by atoms with E-state index in [2.05, 4.69) is 20.6 Å². The second-order valence-corrected chi connectivity index (χ2v) is 7.95. The van der Waals surface area contributed by atoms with Gasteiger partial charge in [0.25, 0.3) is 5.89 Å². The fraction of sp³-hybridized carbons (Fsp3) is 0.294. The molecular weight excluding hydrogens is 414 g/mol. The number of amides is 1. The molecule has 0 aliphatic carbocycles. The van der Waals surface area contributed by atoms with Crippen molar-refractivity contribution in [2.45, 2.75) is 26.4 Å². The number of tetrazole rings is 1. The van der Waals surface area contributed by atoms with Crippen LogP contribution in [0.5, 0.6) is 0 Å². The largest absolute Gasteiger partial charge is 0.418 e. The highest BCUT2D eigenvalue weighted by atomic mass is 32.1. The Morgan fingerprint density at radius 2 is 2.00 bits per heavy atom. The molecule has 12 heteroatoms. The van der Waals surface area contributed by atoms with E-state index in [1.54, 1.807) is 11.0 Å². The maximum atomic E-state index is 12.8. The van der Waals surface area contributed by atoms with E-state index in [-0.39, 0.29) is 19.0 Å². The quantitative estimate of drug-likeness (QED) is 0.420. The molecule has 4 aromatic heterocycles. The number of thiophene rings is 2. The van der Waals surface area contributed by atoms with E-state index in [1.165, 1.54) is 27.4 Å². The Hall–Kier alpha value is -3.12. The van der Waals surface area contributed by atoms with Crippen LogP contribution in [0.15, 0.2) is 44.2 Å². The van der Waals surface area contributed by atoms with Crippen molar-refractivity contribution in [3.8, 4) is 15.8 Å². The lowest BCUT2D eigenvalue weighted by atomic mass is 10.3. The van der Waals surface area contributed by atoms with Crippen molar-refractivity contribution in [1.82, 2.24) is 34.9 Å². The summed E-state index contributed by atoms with van der Waals surface area (Å²) in [5.74, 6) is 0.488. The number of hydrogen-bond donors (Lipinski definition) is 0. The molecule has 0 radical (unpaired) electrons. The molecule has 150 valence electrons. The van der Waals surface area contributed by atoms with Gasteiger partial charge in [0.05, 0.1) is 11.4 Å². The number of rotatable bonds is 8. The van der Waals surface area contributed by atoms with Crippen LogP contribution in [-0.4, -0.2) is 47.3 Å². The van der Waals surface area contributed by atoms with Crippen molar-refractivity contribution in [2.75, 3.05) is 6.54 Å². The number of nitrogens with zero attached hydrogens (tertiary/aromatic N) is 7. The molecule has 0 saturated heterocycles. The van der Waals surface area contributed by atoms with Crippen LogP contribution in [0, 0.1) is 0 Å². The lowest BCUT2D eigenvalue weighted by molar-refractivity contribution is -0.133. The normalized spacial score (nSPS) is 11.1. The highest BCUT2D eigenvalue weighted by Crippen LogP contribution is 2.23. The molecule has 29 heavy (non-hydrogen) atoms. The van der Waals surface area contributed by atoms with Gasteiger partial charge in [-0.3, -0.25) is 4.79 Å². The number of carbonyl (C=O) groups excluding carboxylic acids is 1. The highest BCUT2D eigenvalue weighted by molar-refractivity contribution is 7.13. The Kier molecular flexibility index (Phi) is 5.62. The summed E-state index contributed by atoms with van der Waals surface area (Å²) in [6.07, 6.45) is 0.744. The zero-order chi connectivity index (χ0) is 20.2. The van der Waals surface area contributed by atoms with Crippen molar-refractivity contribution < 1.29 is 9.21 Å². The zero-order valence-corrected chi connectivity index (χ0v) is 17.1. The molecule has 0 aliphatic rings. The van der Waals surface area contributed by atoms with Crippen LogP contribution in [0.4, 0.5) is 0 Å². The average Bonchev–Trinajstić information content (AvgIpc) is 3.50. The van der Waals surface area contributed by atoms with Crippen molar-refractivity contribution in [2.24, 2.45) is 0 Å². The van der Waals surface area contributed by atoms with Gasteiger partial charge in [-0.2, -0.15) is 9.36 Å². The third-order valence-corrected chi connectivity index (χ3v) is 5.71. The summed E-state index contributed by atoms with van der Waals surface area (Å²) in [5, 5.41) is 20.2. The standard InChI is InChI=1S/C17H17N7O3S2/c1-2-7-22(10-13-18-19-16(27-13)12-5-3-8-28-12)14(25)11-23-17(26)24(21-20-23)15-6-4-9-29-15/h3-6,8-9H,2,7,10-11H2,1H3. The van der Waals surface area contributed by atoms with Gasteiger partial charge in [-0.15, -0.1) is 32.9 Å². The first-order chi connectivity index (χ1) is 14.2. The van der Waals surface area contributed by atoms with Crippen LogP contribution in [0.2, 0.25) is 0 Å². The summed E-state index contributed by atoms with van der Waals surface area (Å²) in [6.45, 7) is 2.41. The minimum Gasteiger partial charge on any atom is -0.418 e. The van der Waals surface area contributed by atoms with Crippen molar-refractivity contribution in [3.05, 3.63) is 51.4 Å². The molecule has 10 nitrogen and oxygen atoms in total. The molecule has 4 rings (SSSR count). The van der Waals surface area contributed by atoms with Crippen LogP contribution in [-0.2, 0) is 17.9 Å². The second-order valence-electron chi connectivity index (χ2n) is 6.08. The number of aromatic nitrogens is 6. The minimum absolute atomic E-state index is 0.166. The van der Waals surface area contributed by atoms with Crippen LogP contribution >= 0.6 is 22.7 Å². The molecular formula is C17H17N7O3S2. The van der Waals surface area contributed by atoms with Crippen molar-refractivity contribution >= 4 is 28.6 Å². The monoisotopic (exact) mass is 431 g/mol. The van der Waals surface area contributed by atoms with Crippen LogP contribution in [0.1, 0.15) is 19.2 Å². The summed E-state index contributed by atoms with van der Waals surface area (Å²) in [7, 11) is 0. The van der Waals surface area contributed by atoms with Gasteiger partial charge in [0, 0.05) is 6.54 Å². The Labute approximate surface area is 173 Å². The summed E-state index contributed by atoms with van der Waals surface area (Å²) in [5.41, 5.74) is -0.463. The lowest BCUT2D eigenvalue weighted by Gasteiger charge is -2.19. The van der Waals surface area contributed by atoms with Crippen LogP contribution < -0.4 is 5.69 Å². The first-order valence-corrected chi connectivity index (χ1v) is 10.6. The van der Waals surface area contributed by atoms with Gasteiger partial charge in [-0.25, -0.2) is 4.79 Å². The van der Waals surface area contributed by atoms with E-state index >= 15 is 0 Å². The second kappa shape index (κ2) is 8.49. The van der Waals surface area contributed by atoms with Gasteiger partial charge < -0.3 is 9.32 Å². The lowest BCUT2D eigenvalue weighted by Crippen LogP contribution is -2.37. The fourth-order valence-corrected chi connectivity index (χ4v) is 3.99. The minimum atomic E-state index is -0.463. The molecule has 0 fully saturated rings. The number of carbonyl (C=O) groups is 1. The SMILES string of the molecule is CCCN(Cc1nnc(-c2cccs2)o1)C(=O)Cn1nnn(-c2cccs2)c1=O. The molecule has 4 heterocycles. The smallest absolute Gasteiger partial charge is 0.369 e. The Balaban J connectivity index is 1.47. The van der Waals surface area contributed by atoms with E-state index in [4.69, 9.17) is 4.42 Å². The Morgan fingerprint density at radius 1 is 1.17 bits per heavy atom. The van der Waals surface area contributed by atoms with E-state index in [1.807, 2.05) is 35.9 Å². The predicted octanol–water partition coefficient (Wildman–Crippen LogP) is 2.04. The molecule has 0 aromatic carbocycles. The van der Waals surface area contributed by atoms with E-state index in [0.717, 1.165) is 16.0 Å². The van der Waals surface area contributed by atoms with Gasteiger partial charge in [0.15, 0.2) is 0 Å². The third-order valence-electron chi connectivity index (χ3n) is 4.01. The summed E-state index contributed by atoms with van der Waals surface area (Å²) >= 11 is 2.86. The molecule has 0 unspecified atom stereocenters. The van der Waals surface area contributed by atoms with Gasteiger partial charge in [-0.1, -0.05) is 13.0 Å². The Bertz CT molecular complexity index is 1130. The Morgan fingerprint density at radius 3 is 2.72 bits per heavy atom. The van der Waals surface area contributed by atoms with Crippen molar-refractivity contribution in [3.63, 3.8) is 0 Å². The molecule has 0 N–H and O–H groups in total. The fourth-order valence-electron chi connectivity index (χ4n) is 2.67. The average molecular weight is 432 g/mol. The summed E-state index contributed by atoms with van der Waals surface area (Å²) < 4.78 is 7.90. The number of hydrogen-bond acceptors (Lipinski definition) is 9. The van der Waals surface area contributed by atoms with Gasteiger partial charge in [-0.05, 0) is 45.8 Å². The van der Waals surface area contributed by atoms with Gasteiger partial charge in [0.1, 0.15) is 11.5 Å². The molecule has 0 saturated carbocycles. The van der Waals surface area contributed by atoms with Gasteiger partial charge >= 0.3 is 5.69 Å². The molecule has 0 spiro atoms. The zero-order valence-electron chi connectivity index (χ0n) is 15.5. The van der Waals surface area contributed by atoms with E-state index in [0.29, 0.717) is 23.3 Å². The van der Waals surface area contributed by atoms with Crippen molar-refractivity contribution in [1.29, 1.82) is 0 Å². The highest BCUT2D eigenvalue weighted by Gasteiger charge is 2.20. The first-order valence-electron chi connectivity index (χ1n) is 8.86. The first kappa shape index (κ1) is 19.2. The van der Waals surface area contributed by atoms with E-state index in [9.17, 15) is 9.59 Å². The summed E-state index contributed by atoms with van der Waals surface area (Å²) in [6, 6.07) is 7.36. The summed E-state index contributed by atoms with van der Waals surface area (Å²) in [4.78, 5) is 27.7. The third kappa shape index (κ3) is 4.17. The topological polar surface area (TPSA) is 112 Å².